The molecule has 2 atom stereocenters. The lowest BCUT2D eigenvalue weighted by molar-refractivity contribution is -0.149. The average molecular weight is 551 g/mol. The highest BCUT2D eigenvalue weighted by atomic mass is 19.1. The van der Waals surface area contributed by atoms with E-state index in [4.69, 9.17) is 15.2 Å². The van der Waals surface area contributed by atoms with Crippen LogP contribution in [-0.2, 0) is 35.3 Å². The molecule has 4 rings (SSSR count). The summed E-state index contributed by atoms with van der Waals surface area (Å²) in [4.78, 5) is 25.6. The molecule has 1 aliphatic heterocycles. The van der Waals surface area contributed by atoms with Crippen molar-refractivity contribution in [2.75, 3.05) is 13.2 Å². The van der Waals surface area contributed by atoms with E-state index < -0.39 is 29.7 Å². The third-order valence-corrected chi connectivity index (χ3v) is 7.02. The van der Waals surface area contributed by atoms with Crippen molar-refractivity contribution in [1.82, 2.24) is 5.32 Å². The molecule has 40 heavy (non-hydrogen) atoms. The molecule has 3 aromatic rings. The number of nitrogens with one attached hydrogen (secondary N) is 1. The lowest BCUT2D eigenvalue weighted by Crippen LogP contribution is -2.46. The molecule has 0 spiro atoms. The van der Waals surface area contributed by atoms with Gasteiger partial charge in [0.25, 0.3) is 0 Å². The summed E-state index contributed by atoms with van der Waals surface area (Å²) < 4.78 is 38.8. The van der Waals surface area contributed by atoms with Gasteiger partial charge in [-0.3, -0.25) is 9.59 Å². The second-order valence-electron chi connectivity index (χ2n) is 10.2. The number of halogens is 2. The summed E-state index contributed by atoms with van der Waals surface area (Å²) in [5, 5.41) is 3.28. The fraction of sp³-hybridized carbons (Fsp3) is 0.375. The van der Waals surface area contributed by atoms with Gasteiger partial charge in [-0.15, -0.1) is 0 Å². The summed E-state index contributed by atoms with van der Waals surface area (Å²) in [6.45, 7) is 3.52. The van der Waals surface area contributed by atoms with Crippen molar-refractivity contribution < 1.29 is 27.8 Å². The smallest absolute Gasteiger partial charge is 0.306 e. The van der Waals surface area contributed by atoms with E-state index in [1.54, 1.807) is 12.1 Å². The van der Waals surface area contributed by atoms with Gasteiger partial charge in [-0.25, -0.2) is 8.78 Å². The lowest BCUT2D eigenvalue weighted by Gasteiger charge is -2.25. The van der Waals surface area contributed by atoms with E-state index in [9.17, 15) is 18.4 Å². The van der Waals surface area contributed by atoms with Crippen LogP contribution < -0.4 is 15.8 Å². The Morgan fingerprint density at radius 1 is 1.00 bits per heavy atom. The van der Waals surface area contributed by atoms with Gasteiger partial charge in [-0.2, -0.15) is 0 Å². The molecule has 2 unspecified atom stereocenters. The number of esters is 1. The second-order valence-corrected chi connectivity index (χ2v) is 10.2. The highest BCUT2D eigenvalue weighted by Crippen LogP contribution is 2.26. The van der Waals surface area contributed by atoms with Crippen LogP contribution in [0.15, 0.2) is 60.7 Å². The molecule has 6 nitrogen and oxygen atoms in total. The van der Waals surface area contributed by atoms with Gasteiger partial charge in [0.15, 0.2) is 5.78 Å². The molecular weight excluding hydrogens is 514 g/mol. The van der Waals surface area contributed by atoms with Crippen molar-refractivity contribution in [2.24, 2.45) is 5.73 Å². The Hall–Kier alpha value is -3.62. The Bertz CT molecular complexity index is 1310. The van der Waals surface area contributed by atoms with Crippen LogP contribution in [0.5, 0.6) is 5.75 Å². The minimum Gasteiger partial charge on any atom is -0.493 e. The van der Waals surface area contributed by atoms with Crippen molar-refractivity contribution in [3.63, 3.8) is 0 Å². The van der Waals surface area contributed by atoms with E-state index in [1.165, 1.54) is 17.7 Å². The topological polar surface area (TPSA) is 90.6 Å². The number of nitrogens with two attached hydrogens (primary N) is 1. The molecule has 212 valence electrons. The van der Waals surface area contributed by atoms with Crippen LogP contribution in [0.1, 0.15) is 58.8 Å². The number of carbonyl (C=O) groups is 2. The SMILES string of the molecule is CCc1cccc(CNCC(OC(=O)CCC(=O)c2ccc3c(c2)CCCO3)C(N)Cc2cc(F)cc(F)c2)c1. The van der Waals surface area contributed by atoms with Gasteiger partial charge >= 0.3 is 5.97 Å². The first-order valence-electron chi connectivity index (χ1n) is 13.8. The molecule has 0 aliphatic carbocycles. The molecule has 8 heteroatoms. The summed E-state index contributed by atoms with van der Waals surface area (Å²) in [6, 6.07) is 16.0. The van der Waals surface area contributed by atoms with E-state index in [2.05, 4.69) is 24.4 Å². The monoisotopic (exact) mass is 550 g/mol. The number of hydrogen-bond donors (Lipinski definition) is 2. The Labute approximate surface area is 233 Å². The number of fused-ring (bicyclic) bond motifs is 1. The number of rotatable bonds is 13. The summed E-state index contributed by atoms with van der Waals surface area (Å²) >= 11 is 0. The fourth-order valence-corrected chi connectivity index (χ4v) is 4.85. The molecule has 0 aromatic heterocycles. The van der Waals surface area contributed by atoms with Crippen molar-refractivity contribution >= 4 is 11.8 Å². The van der Waals surface area contributed by atoms with Crippen molar-refractivity contribution in [1.29, 1.82) is 0 Å². The third-order valence-electron chi connectivity index (χ3n) is 7.02. The Morgan fingerprint density at radius 3 is 2.55 bits per heavy atom. The number of carbonyl (C=O) groups excluding carboxylic acids is 2. The molecule has 0 saturated heterocycles. The maximum absolute atomic E-state index is 13.7. The van der Waals surface area contributed by atoms with Crippen LogP contribution >= 0.6 is 0 Å². The fourth-order valence-electron chi connectivity index (χ4n) is 4.85. The summed E-state index contributed by atoms with van der Waals surface area (Å²) in [5.41, 5.74) is 10.6. The zero-order valence-corrected chi connectivity index (χ0v) is 22.8. The third kappa shape index (κ3) is 8.44. The van der Waals surface area contributed by atoms with Crippen LogP contribution in [0.4, 0.5) is 8.78 Å². The molecule has 3 N–H and O–H groups in total. The van der Waals surface area contributed by atoms with Crippen LogP contribution in [-0.4, -0.2) is 37.0 Å². The first-order chi connectivity index (χ1) is 19.3. The summed E-state index contributed by atoms with van der Waals surface area (Å²) in [6.07, 6.45) is 1.89. The molecule has 0 saturated carbocycles. The standard InChI is InChI=1S/C32H36F2N2O4/c1-2-21-5-3-6-22(13-21)19-36-20-31(28(35)16-23-14-26(33)18-27(34)15-23)40-32(38)11-9-29(37)24-8-10-30-25(17-24)7-4-12-39-30/h3,5-6,8,10,13-15,17-18,28,31,36H,2,4,7,9,11-12,16,19-20,35H2,1H3. The molecule has 0 amide bonds. The molecule has 1 aliphatic rings. The Balaban J connectivity index is 1.37. The van der Waals surface area contributed by atoms with Crippen LogP contribution in [0.25, 0.3) is 0 Å². The highest BCUT2D eigenvalue weighted by Gasteiger charge is 2.24. The van der Waals surface area contributed by atoms with Gasteiger partial charge in [0, 0.05) is 37.2 Å². The molecule has 0 radical (unpaired) electrons. The molecule has 0 fully saturated rings. The Kier molecular flexibility index (Phi) is 10.4. The summed E-state index contributed by atoms with van der Waals surface area (Å²) in [5.74, 6) is -1.31. The van der Waals surface area contributed by atoms with Crippen LogP contribution in [0, 0.1) is 11.6 Å². The first-order valence-corrected chi connectivity index (χ1v) is 13.8. The van der Waals surface area contributed by atoms with Gasteiger partial charge in [0.05, 0.1) is 13.0 Å². The van der Waals surface area contributed by atoms with Gasteiger partial charge < -0.3 is 20.5 Å². The summed E-state index contributed by atoms with van der Waals surface area (Å²) in [7, 11) is 0. The number of hydrogen-bond acceptors (Lipinski definition) is 6. The van der Waals surface area contributed by atoms with E-state index in [0.717, 1.165) is 42.2 Å². The maximum Gasteiger partial charge on any atom is 0.306 e. The first kappa shape index (κ1) is 29.4. The minimum absolute atomic E-state index is 0.00716. The number of benzene rings is 3. The van der Waals surface area contributed by atoms with Gasteiger partial charge in [-0.1, -0.05) is 31.2 Å². The largest absolute Gasteiger partial charge is 0.493 e. The van der Waals surface area contributed by atoms with Gasteiger partial charge in [-0.05, 0) is 78.3 Å². The quantitative estimate of drug-likeness (QED) is 0.228. The van der Waals surface area contributed by atoms with Crippen LogP contribution in [0.2, 0.25) is 0 Å². The molecule has 1 heterocycles. The minimum atomic E-state index is -0.774. The number of ketones is 1. The number of Topliss-reactive ketones (excluding diaryl/α,β-unsaturated/α-hetero) is 1. The number of ether oxygens (including phenoxy) is 2. The lowest BCUT2D eigenvalue weighted by atomic mass is 9.99. The highest BCUT2D eigenvalue weighted by molar-refractivity contribution is 5.97. The second kappa shape index (κ2) is 14.1. The van der Waals surface area contributed by atoms with Crippen molar-refractivity contribution in [2.45, 2.75) is 64.1 Å². The maximum atomic E-state index is 13.7. The van der Waals surface area contributed by atoms with E-state index in [0.29, 0.717) is 24.3 Å². The Morgan fingerprint density at radius 2 is 1.77 bits per heavy atom. The molecular formula is C32H36F2N2O4. The van der Waals surface area contributed by atoms with Crippen molar-refractivity contribution in [3.8, 4) is 5.75 Å². The molecule has 0 bridgehead atoms. The van der Waals surface area contributed by atoms with E-state index in [-0.39, 0.29) is 31.6 Å². The zero-order valence-electron chi connectivity index (χ0n) is 22.8. The molecule has 3 aromatic carbocycles. The average Bonchev–Trinajstić information content (AvgIpc) is 2.94. The van der Waals surface area contributed by atoms with E-state index >= 15 is 0 Å². The van der Waals surface area contributed by atoms with Crippen molar-refractivity contribution in [3.05, 3.63) is 100 Å². The predicted octanol–water partition coefficient (Wildman–Crippen LogP) is 5.09. The van der Waals surface area contributed by atoms with Crippen LogP contribution in [0.3, 0.4) is 0 Å². The van der Waals surface area contributed by atoms with E-state index in [1.807, 2.05) is 18.2 Å². The zero-order chi connectivity index (χ0) is 28.5. The predicted molar refractivity (Wildman–Crippen MR) is 149 cm³/mol. The number of aryl methyl sites for hydroxylation is 2. The van der Waals surface area contributed by atoms with Gasteiger partial charge in [0.1, 0.15) is 23.5 Å². The van der Waals surface area contributed by atoms with Gasteiger partial charge in [0.2, 0.25) is 0 Å². The normalized spacial score (nSPS) is 14.1.